The number of ether oxygens (including phenoxy) is 2. The largest absolute Gasteiger partial charge is 0.485 e. The van der Waals surface area contributed by atoms with E-state index in [0.29, 0.717) is 22.7 Å². The van der Waals surface area contributed by atoms with E-state index in [-0.39, 0.29) is 24.7 Å². The summed E-state index contributed by atoms with van der Waals surface area (Å²) < 4.78 is 39.9. The zero-order chi connectivity index (χ0) is 21.7. The van der Waals surface area contributed by atoms with Crippen LogP contribution in [0.25, 0.3) is 11.1 Å². The van der Waals surface area contributed by atoms with Gasteiger partial charge in [-0.3, -0.25) is 0 Å². The van der Waals surface area contributed by atoms with Gasteiger partial charge in [-0.2, -0.15) is 0 Å². The average Bonchev–Trinajstić information content (AvgIpc) is 2.73. The molecule has 0 aromatic heterocycles. The summed E-state index contributed by atoms with van der Waals surface area (Å²) in [5.41, 5.74) is 9.09. The number of nitrogens with two attached hydrogens (primary N) is 1. The van der Waals surface area contributed by atoms with Gasteiger partial charge in [0.1, 0.15) is 6.61 Å². The lowest BCUT2D eigenvalue weighted by atomic mass is 9.88. The molecule has 0 saturated carbocycles. The Labute approximate surface area is 180 Å². The Bertz CT molecular complexity index is 1010. The fourth-order valence-electron chi connectivity index (χ4n) is 3.51. The second-order valence-corrected chi connectivity index (χ2v) is 7.38. The molecule has 3 aromatic rings. The Morgan fingerprint density at radius 3 is 2.40 bits per heavy atom. The molecule has 0 aliphatic rings. The van der Waals surface area contributed by atoms with Crippen LogP contribution in [0.1, 0.15) is 22.6 Å². The van der Waals surface area contributed by atoms with Crippen molar-refractivity contribution in [2.24, 2.45) is 5.73 Å². The lowest BCUT2D eigenvalue weighted by Gasteiger charge is -2.19. The summed E-state index contributed by atoms with van der Waals surface area (Å²) in [5, 5.41) is 0.360. The predicted molar refractivity (Wildman–Crippen MR) is 116 cm³/mol. The van der Waals surface area contributed by atoms with Gasteiger partial charge in [0.15, 0.2) is 17.4 Å². The Hall–Kier alpha value is -2.47. The molecule has 0 radical (unpaired) electrons. The van der Waals surface area contributed by atoms with E-state index >= 15 is 4.39 Å². The monoisotopic (exact) mass is 431 g/mol. The van der Waals surface area contributed by atoms with Gasteiger partial charge in [0.05, 0.1) is 6.61 Å². The van der Waals surface area contributed by atoms with Crippen molar-refractivity contribution in [1.82, 2.24) is 0 Å². The van der Waals surface area contributed by atoms with E-state index in [9.17, 15) is 4.39 Å². The third-order valence-corrected chi connectivity index (χ3v) is 5.34. The second kappa shape index (κ2) is 10.0. The fraction of sp³-hybridized carbons (Fsp3) is 0.250. The van der Waals surface area contributed by atoms with E-state index < -0.39 is 17.4 Å². The maximum absolute atomic E-state index is 15.3. The van der Waals surface area contributed by atoms with Gasteiger partial charge >= 0.3 is 0 Å². The standard InChI is InChI=1S/C24H24ClF2NO2/c1-15-12-21(26)24(30-11-10-29-2)23(27)22(15)18-13-17(8-9-20(18)25)19(14-28)16-6-4-3-5-7-16/h3-9,12-13,19H,10-11,14,28H2,1-2H3. The molecule has 0 aliphatic heterocycles. The molecule has 0 fully saturated rings. The SMILES string of the molecule is COCCOc1c(F)cc(C)c(-c2cc(C(CN)c3ccccc3)ccc2Cl)c1F. The smallest absolute Gasteiger partial charge is 0.191 e. The summed E-state index contributed by atoms with van der Waals surface area (Å²) in [6.07, 6.45) is 0. The van der Waals surface area contributed by atoms with Crippen LogP contribution in [0.4, 0.5) is 8.78 Å². The van der Waals surface area contributed by atoms with Crippen molar-refractivity contribution in [2.75, 3.05) is 26.9 Å². The molecular weight excluding hydrogens is 408 g/mol. The van der Waals surface area contributed by atoms with Crippen LogP contribution in [0.5, 0.6) is 5.75 Å². The van der Waals surface area contributed by atoms with Crippen LogP contribution < -0.4 is 10.5 Å². The number of benzene rings is 3. The Balaban J connectivity index is 2.10. The molecule has 3 nitrogen and oxygen atoms in total. The van der Waals surface area contributed by atoms with Crippen LogP contribution in [0.3, 0.4) is 0 Å². The van der Waals surface area contributed by atoms with Crippen molar-refractivity contribution in [3.63, 3.8) is 0 Å². The van der Waals surface area contributed by atoms with Gasteiger partial charge in [-0.1, -0.05) is 48.0 Å². The van der Waals surface area contributed by atoms with Crippen LogP contribution in [0.2, 0.25) is 5.02 Å². The molecular formula is C24H24ClF2NO2. The van der Waals surface area contributed by atoms with Crippen molar-refractivity contribution >= 4 is 11.6 Å². The molecule has 0 spiro atoms. The fourth-order valence-corrected chi connectivity index (χ4v) is 3.72. The molecule has 0 saturated heterocycles. The number of halogens is 3. The first-order chi connectivity index (χ1) is 14.5. The molecule has 0 aliphatic carbocycles. The molecule has 0 amide bonds. The van der Waals surface area contributed by atoms with E-state index in [1.165, 1.54) is 13.2 Å². The van der Waals surface area contributed by atoms with Gasteiger partial charge in [0.25, 0.3) is 0 Å². The number of methoxy groups -OCH3 is 1. The zero-order valence-electron chi connectivity index (χ0n) is 16.9. The minimum absolute atomic E-state index is 0.0316. The molecule has 3 rings (SSSR count). The van der Waals surface area contributed by atoms with Crippen molar-refractivity contribution in [3.8, 4) is 16.9 Å². The highest BCUT2D eigenvalue weighted by molar-refractivity contribution is 6.33. The predicted octanol–water partition coefficient (Wildman–Crippen LogP) is 5.71. The summed E-state index contributed by atoms with van der Waals surface area (Å²) >= 11 is 6.44. The molecule has 0 heterocycles. The van der Waals surface area contributed by atoms with Gasteiger partial charge in [0.2, 0.25) is 0 Å². The highest BCUT2D eigenvalue weighted by atomic mass is 35.5. The lowest BCUT2D eigenvalue weighted by molar-refractivity contribution is 0.141. The molecule has 0 bridgehead atoms. The van der Waals surface area contributed by atoms with Crippen molar-refractivity contribution in [1.29, 1.82) is 0 Å². The number of aryl methyl sites for hydroxylation is 1. The zero-order valence-corrected chi connectivity index (χ0v) is 17.7. The molecule has 3 aromatic carbocycles. The van der Waals surface area contributed by atoms with Gasteiger partial charge in [-0.25, -0.2) is 8.78 Å². The van der Waals surface area contributed by atoms with E-state index in [0.717, 1.165) is 11.1 Å². The Morgan fingerprint density at radius 2 is 1.73 bits per heavy atom. The van der Waals surface area contributed by atoms with E-state index in [4.69, 9.17) is 26.8 Å². The molecule has 158 valence electrons. The summed E-state index contributed by atoms with van der Waals surface area (Å²) in [6.45, 7) is 2.26. The highest BCUT2D eigenvalue weighted by Crippen LogP contribution is 2.39. The third-order valence-electron chi connectivity index (χ3n) is 5.01. The quantitative estimate of drug-likeness (QED) is 0.464. The molecule has 6 heteroatoms. The number of hydrogen-bond donors (Lipinski definition) is 1. The van der Waals surface area contributed by atoms with Gasteiger partial charge in [-0.05, 0) is 41.8 Å². The average molecular weight is 432 g/mol. The molecule has 1 unspecified atom stereocenters. The maximum atomic E-state index is 15.3. The van der Waals surface area contributed by atoms with Crippen molar-refractivity contribution in [3.05, 3.63) is 87.9 Å². The van der Waals surface area contributed by atoms with E-state index in [2.05, 4.69) is 0 Å². The van der Waals surface area contributed by atoms with Crippen LogP contribution >= 0.6 is 11.6 Å². The normalized spacial score (nSPS) is 12.1. The molecule has 2 N–H and O–H groups in total. The number of hydrogen-bond acceptors (Lipinski definition) is 3. The maximum Gasteiger partial charge on any atom is 0.191 e. The minimum Gasteiger partial charge on any atom is -0.485 e. The highest BCUT2D eigenvalue weighted by Gasteiger charge is 2.22. The van der Waals surface area contributed by atoms with Crippen LogP contribution in [0, 0.1) is 18.6 Å². The second-order valence-electron chi connectivity index (χ2n) is 6.97. The van der Waals surface area contributed by atoms with Crippen molar-refractivity contribution in [2.45, 2.75) is 12.8 Å². The summed E-state index contributed by atoms with van der Waals surface area (Å²) in [5.74, 6) is -2.07. The summed E-state index contributed by atoms with van der Waals surface area (Å²) in [6, 6.07) is 16.5. The van der Waals surface area contributed by atoms with Gasteiger partial charge in [0, 0.05) is 35.7 Å². The van der Waals surface area contributed by atoms with Gasteiger partial charge in [-0.15, -0.1) is 0 Å². The molecule has 30 heavy (non-hydrogen) atoms. The van der Waals surface area contributed by atoms with E-state index in [1.54, 1.807) is 13.0 Å². The van der Waals surface area contributed by atoms with E-state index in [1.807, 2.05) is 42.5 Å². The first-order valence-electron chi connectivity index (χ1n) is 9.63. The van der Waals surface area contributed by atoms with Crippen molar-refractivity contribution < 1.29 is 18.3 Å². The topological polar surface area (TPSA) is 44.5 Å². The lowest BCUT2D eigenvalue weighted by Crippen LogP contribution is -2.14. The summed E-state index contributed by atoms with van der Waals surface area (Å²) in [4.78, 5) is 0. The van der Waals surface area contributed by atoms with Crippen LogP contribution in [0.15, 0.2) is 54.6 Å². The first kappa shape index (κ1) is 22.2. The summed E-state index contributed by atoms with van der Waals surface area (Å²) in [7, 11) is 1.49. The van der Waals surface area contributed by atoms with Crippen LogP contribution in [-0.2, 0) is 4.74 Å². The van der Waals surface area contributed by atoms with Crippen LogP contribution in [-0.4, -0.2) is 26.9 Å². The molecule has 1 atom stereocenters. The Morgan fingerprint density at radius 1 is 1.00 bits per heavy atom. The first-order valence-corrected chi connectivity index (χ1v) is 10.0. The minimum atomic E-state index is -0.785. The Kier molecular flexibility index (Phi) is 7.43. The third kappa shape index (κ3) is 4.64. The van der Waals surface area contributed by atoms with Gasteiger partial charge < -0.3 is 15.2 Å². The number of rotatable bonds is 8.